The molecule has 1 amide bonds. The van der Waals surface area contributed by atoms with E-state index in [1.165, 1.54) is 22.7 Å². The summed E-state index contributed by atoms with van der Waals surface area (Å²) in [4.78, 5) is 17.3. The summed E-state index contributed by atoms with van der Waals surface area (Å²) in [6, 6.07) is 17.8. The molecule has 1 aliphatic rings. The molecule has 0 bridgehead atoms. The van der Waals surface area contributed by atoms with Gasteiger partial charge in [-0.2, -0.15) is 0 Å². The molecule has 0 atom stereocenters. The molecule has 3 aromatic carbocycles. The number of thioether (sulfide) groups is 1. The Hall–Kier alpha value is -2.88. The van der Waals surface area contributed by atoms with Gasteiger partial charge in [-0.05, 0) is 77.0 Å². The molecule has 1 heterocycles. The molecule has 36 heavy (non-hydrogen) atoms. The van der Waals surface area contributed by atoms with Gasteiger partial charge in [-0.25, -0.2) is 4.39 Å². The Balaban J connectivity index is 1.59. The number of hydrogen-bond donors (Lipinski definition) is 0. The smallest absolute Gasteiger partial charge is 0.270 e. The van der Waals surface area contributed by atoms with Gasteiger partial charge in [0.05, 0.1) is 21.7 Å². The molecule has 1 aliphatic heterocycles. The van der Waals surface area contributed by atoms with E-state index in [9.17, 15) is 9.18 Å². The van der Waals surface area contributed by atoms with Crippen LogP contribution in [0, 0.1) is 5.82 Å². The molecule has 1 saturated heterocycles. The van der Waals surface area contributed by atoms with E-state index in [0.29, 0.717) is 37.4 Å². The molecule has 0 spiro atoms. The van der Waals surface area contributed by atoms with Crippen molar-refractivity contribution in [2.24, 2.45) is 0 Å². The molecule has 0 radical (unpaired) electrons. The highest BCUT2D eigenvalue weighted by atomic mass is 79.9. The number of rotatable bonds is 8. The molecular weight excluding hydrogens is 563 g/mol. The average Bonchev–Trinajstić information content (AvgIpc) is 3.12. The molecule has 4 rings (SSSR count). The number of halogens is 2. The normalized spacial score (nSPS) is 14.5. The SMILES string of the molecule is CCOc1cc(/C=C2\SC(=S)N(c3ccc(N(C)C)cc3)C2=O)cc(Br)c1OCc1ccccc1F. The van der Waals surface area contributed by atoms with Crippen LogP contribution in [0.3, 0.4) is 0 Å². The third-order valence-electron chi connectivity index (χ3n) is 5.38. The van der Waals surface area contributed by atoms with E-state index in [1.54, 1.807) is 30.3 Å². The summed E-state index contributed by atoms with van der Waals surface area (Å²) >= 11 is 10.3. The predicted octanol–water partition coefficient (Wildman–Crippen LogP) is 7.04. The summed E-state index contributed by atoms with van der Waals surface area (Å²) in [5.41, 5.74) is 2.94. The summed E-state index contributed by atoms with van der Waals surface area (Å²) < 4.78 is 26.8. The fourth-order valence-corrected chi connectivity index (χ4v) is 5.45. The number of ether oxygens (including phenoxy) is 2. The van der Waals surface area contributed by atoms with E-state index >= 15 is 0 Å². The molecule has 0 saturated carbocycles. The lowest BCUT2D eigenvalue weighted by Crippen LogP contribution is -2.27. The molecule has 5 nitrogen and oxygen atoms in total. The molecule has 9 heteroatoms. The van der Waals surface area contributed by atoms with Crippen LogP contribution < -0.4 is 19.3 Å². The van der Waals surface area contributed by atoms with Crippen molar-refractivity contribution in [2.75, 3.05) is 30.5 Å². The van der Waals surface area contributed by atoms with Crippen LogP contribution in [0.4, 0.5) is 15.8 Å². The summed E-state index contributed by atoms with van der Waals surface area (Å²) in [6.07, 6.45) is 1.78. The zero-order valence-corrected chi connectivity index (χ0v) is 23.2. The highest BCUT2D eigenvalue weighted by molar-refractivity contribution is 9.10. The van der Waals surface area contributed by atoms with E-state index < -0.39 is 0 Å². The predicted molar refractivity (Wildman–Crippen MR) is 152 cm³/mol. The van der Waals surface area contributed by atoms with Crippen molar-refractivity contribution in [3.05, 3.63) is 87.0 Å². The maximum atomic E-state index is 14.0. The van der Waals surface area contributed by atoms with Gasteiger partial charge < -0.3 is 14.4 Å². The Morgan fingerprint density at radius 2 is 1.83 bits per heavy atom. The zero-order valence-electron chi connectivity index (χ0n) is 20.0. The first-order valence-electron chi connectivity index (χ1n) is 11.2. The summed E-state index contributed by atoms with van der Waals surface area (Å²) in [7, 11) is 3.92. The van der Waals surface area contributed by atoms with E-state index in [4.69, 9.17) is 21.7 Å². The number of benzene rings is 3. The average molecular weight is 588 g/mol. The molecule has 186 valence electrons. The van der Waals surface area contributed by atoms with Crippen LogP contribution in [0.5, 0.6) is 11.5 Å². The van der Waals surface area contributed by atoms with E-state index in [1.807, 2.05) is 56.3 Å². The van der Waals surface area contributed by atoms with Crippen LogP contribution >= 0.6 is 39.9 Å². The minimum atomic E-state index is -0.332. The Kier molecular flexibility index (Phi) is 8.33. The number of thiocarbonyl (C=S) groups is 1. The lowest BCUT2D eigenvalue weighted by Gasteiger charge is -2.17. The van der Waals surface area contributed by atoms with Crippen molar-refractivity contribution in [2.45, 2.75) is 13.5 Å². The second-order valence-electron chi connectivity index (χ2n) is 8.07. The number of carbonyl (C=O) groups is 1. The van der Waals surface area contributed by atoms with Gasteiger partial charge >= 0.3 is 0 Å². The third kappa shape index (κ3) is 5.74. The number of hydrogen-bond acceptors (Lipinski definition) is 6. The first kappa shape index (κ1) is 26.2. The molecule has 0 N–H and O–H groups in total. The van der Waals surface area contributed by atoms with E-state index in [-0.39, 0.29) is 18.3 Å². The van der Waals surface area contributed by atoms with Crippen molar-refractivity contribution < 1.29 is 18.7 Å². The van der Waals surface area contributed by atoms with Crippen LogP contribution in [-0.4, -0.2) is 30.9 Å². The van der Waals surface area contributed by atoms with Crippen molar-refractivity contribution in [3.63, 3.8) is 0 Å². The first-order valence-corrected chi connectivity index (χ1v) is 13.2. The van der Waals surface area contributed by atoms with Crippen LogP contribution in [0.25, 0.3) is 6.08 Å². The van der Waals surface area contributed by atoms with Gasteiger partial charge in [0.2, 0.25) is 0 Å². The van der Waals surface area contributed by atoms with E-state index in [2.05, 4.69) is 15.9 Å². The number of carbonyl (C=O) groups excluding carboxylic acids is 1. The number of anilines is 2. The van der Waals surface area contributed by atoms with Gasteiger partial charge in [-0.1, -0.05) is 42.2 Å². The lowest BCUT2D eigenvalue weighted by atomic mass is 10.1. The Morgan fingerprint density at radius 3 is 2.50 bits per heavy atom. The van der Waals surface area contributed by atoms with Crippen LogP contribution in [0.1, 0.15) is 18.1 Å². The van der Waals surface area contributed by atoms with Crippen LogP contribution in [-0.2, 0) is 11.4 Å². The quantitative estimate of drug-likeness (QED) is 0.208. The monoisotopic (exact) mass is 586 g/mol. The zero-order chi connectivity index (χ0) is 25.8. The molecule has 1 fully saturated rings. The number of nitrogens with zero attached hydrogens (tertiary/aromatic N) is 2. The van der Waals surface area contributed by atoms with Crippen molar-refractivity contribution >= 4 is 67.6 Å². The summed E-state index contributed by atoms with van der Waals surface area (Å²) in [5.74, 6) is 0.438. The summed E-state index contributed by atoms with van der Waals surface area (Å²) in [5, 5.41) is 0. The van der Waals surface area contributed by atoms with Gasteiger partial charge in [-0.3, -0.25) is 9.69 Å². The number of amides is 1. The second kappa shape index (κ2) is 11.5. The minimum Gasteiger partial charge on any atom is -0.490 e. The molecule has 0 aromatic heterocycles. The lowest BCUT2D eigenvalue weighted by molar-refractivity contribution is -0.113. The van der Waals surface area contributed by atoms with Crippen LogP contribution in [0.15, 0.2) is 70.0 Å². The maximum Gasteiger partial charge on any atom is 0.270 e. The van der Waals surface area contributed by atoms with Crippen molar-refractivity contribution in [1.29, 1.82) is 0 Å². The fraction of sp³-hybridized carbons (Fsp3) is 0.185. The molecule has 0 aliphatic carbocycles. The highest BCUT2D eigenvalue weighted by Gasteiger charge is 2.33. The second-order valence-corrected chi connectivity index (χ2v) is 10.6. The topological polar surface area (TPSA) is 42.0 Å². The van der Waals surface area contributed by atoms with Gasteiger partial charge in [0, 0.05) is 25.3 Å². The Morgan fingerprint density at radius 1 is 1.11 bits per heavy atom. The van der Waals surface area contributed by atoms with Gasteiger partial charge in [-0.15, -0.1) is 0 Å². The van der Waals surface area contributed by atoms with Gasteiger partial charge in [0.25, 0.3) is 5.91 Å². The largest absolute Gasteiger partial charge is 0.490 e. The maximum absolute atomic E-state index is 14.0. The Bertz CT molecular complexity index is 1330. The highest BCUT2D eigenvalue weighted by Crippen LogP contribution is 2.41. The summed E-state index contributed by atoms with van der Waals surface area (Å²) in [6.45, 7) is 2.33. The van der Waals surface area contributed by atoms with Crippen molar-refractivity contribution in [3.8, 4) is 11.5 Å². The Labute approximate surface area is 228 Å². The van der Waals surface area contributed by atoms with Gasteiger partial charge in [0.1, 0.15) is 12.4 Å². The van der Waals surface area contributed by atoms with Gasteiger partial charge in [0.15, 0.2) is 15.8 Å². The minimum absolute atomic E-state index is 0.0516. The third-order valence-corrected chi connectivity index (χ3v) is 7.27. The fourth-order valence-electron chi connectivity index (χ4n) is 3.58. The van der Waals surface area contributed by atoms with E-state index in [0.717, 1.165) is 16.9 Å². The molecule has 3 aromatic rings. The molecular formula is C27H24BrFN2O3S2. The van der Waals surface area contributed by atoms with Crippen molar-refractivity contribution in [1.82, 2.24) is 0 Å². The standard InChI is InChI=1S/C27H24BrFN2O3S2/c1-4-33-23-14-17(13-21(28)25(23)34-16-18-7-5-6-8-22(18)29)15-24-26(32)31(27(35)36-24)20-11-9-19(10-12-20)30(2)3/h5-15H,4,16H2,1-3H3/b24-15-. The molecule has 0 unspecified atom stereocenters. The van der Waals surface area contributed by atoms with Crippen LogP contribution in [0.2, 0.25) is 0 Å². The first-order chi connectivity index (χ1) is 17.3.